The molecule has 0 unspecified atom stereocenters. The first-order valence-corrected chi connectivity index (χ1v) is 7.84. The van der Waals surface area contributed by atoms with Gasteiger partial charge in [0.2, 0.25) is 5.92 Å². The SMILES string of the molecule is Cc1nc(NC(=O)OC(C)(C)C)sc1C1(CN)CC(F)(F)C1. The maximum absolute atomic E-state index is 13.3. The van der Waals surface area contributed by atoms with Crippen LogP contribution in [0.25, 0.3) is 0 Å². The molecule has 1 aliphatic carbocycles. The van der Waals surface area contributed by atoms with E-state index in [2.05, 4.69) is 10.3 Å². The molecule has 1 aliphatic rings. The van der Waals surface area contributed by atoms with Gasteiger partial charge in [-0.05, 0) is 27.7 Å². The fraction of sp³-hybridized carbons (Fsp3) is 0.714. The number of nitrogens with one attached hydrogen (secondary N) is 1. The number of thiazole rings is 1. The summed E-state index contributed by atoms with van der Waals surface area (Å²) < 4.78 is 31.7. The topological polar surface area (TPSA) is 77.2 Å². The van der Waals surface area contributed by atoms with Gasteiger partial charge in [-0.1, -0.05) is 0 Å². The quantitative estimate of drug-likeness (QED) is 0.888. The van der Waals surface area contributed by atoms with Gasteiger partial charge < -0.3 is 10.5 Å². The summed E-state index contributed by atoms with van der Waals surface area (Å²) in [6, 6.07) is 0. The number of carbonyl (C=O) groups is 1. The third kappa shape index (κ3) is 3.55. The molecule has 0 aromatic carbocycles. The Balaban J connectivity index is 2.14. The second kappa shape index (κ2) is 5.42. The van der Waals surface area contributed by atoms with Gasteiger partial charge in [0, 0.05) is 29.7 Å². The number of hydrogen-bond donors (Lipinski definition) is 2. The lowest BCUT2D eigenvalue weighted by Gasteiger charge is -2.46. The number of rotatable bonds is 3. The van der Waals surface area contributed by atoms with Crippen LogP contribution in [-0.2, 0) is 10.2 Å². The zero-order valence-electron chi connectivity index (χ0n) is 13.1. The second-order valence-electron chi connectivity index (χ2n) is 6.75. The number of alkyl halides is 2. The van der Waals surface area contributed by atoms with Crippen molar-refractivity contribution < 1.29 is 18.3 Å². The van der Waals surface area contributed by atoms with E-state index in [1.54, 1.807) is 27.7 Å². The number of amides is 1. The van der Waals surface area contributed by atoms with E-state index in [1.165, 1.54) is 11.3 Å². The lowest BCUT2D eigenvalue weighted by Crippen LogP contribution is -2.53. The minimum atomic E-state index is -2.67. The molecule has 1 amide bonds. The number of aryl methyl sites for hydroxylation is 1. The molecular formula is C14H21F2N3O2S. The molecule has 0 bridgehead atoms. The van der Waals surface area contributed by atoms with Crippen LogP contribution < -0.4 is 11.1 Å². The first-order valence-electron chi connectivity index (χ1n) is 7.02. The van der Waals surface area contributed by atoms with Crippen molar-refractivity contribution in [1.82, 2.24) is 4.98 Å². The van der Waals surface area contributed by atoms with E-state index < -0.39 is 23.0 Å². The Kier molecular flexibility index (Phi) is 4.20. The number of aromatic nitrogens is 1. The molecule has 1 heterocycles. The number of halogens is 2. The van der Waals surface area contributed by atoms with E-state index in [4.69, 9.17) is 10.5 Å². The van der Waals surface area contributed by atoms with Crippen LogP contribution in [-0.4, -0.2) is 29.1 Å². The zero-order valence-corrected chi connectivity index (χ0v) is 13.9. The molecule has 0 saturated heterocycles. The van der Waals surface area contributed by atoms with Gasteiger partial charge >= 0.3 is 6.09 Å². The summed E-state index contributed by atoms with van der Waals surface area (Å²) in [5, 5.41) is 2.88. The van der Waals surface area contributed by atoms with E-state index in [-0.39, 0.29) is 19.4 Å². The highest BCUT2D eigenvalue weighted by atomic mass is 32.1. The number of nitrogens with zero attached hydrogens (tertiary/aromatic N) is 1. The fourth-order valence-electron chi connectivity index (χ4n) is 2.67. The van der Waals surface area contributed by atoms with Crippen LogP contribution in [0.5, 0.6) is 0 Å². The lowest BCUT2D eigenvalue weighted by atomic mass is 9.65. The third-order valence-electron chi connectivity index (χ3n) is 3.47. The van der Waals surface area contributed by atoms with E-state index in [9.17, 15) is 13.6 Å². The average molecular weight is 333 g/mol. The van der Waals surface area contributed by atoms with Gasteiger partial charge in [-0.15, -0.1) is 11.3 Å². The van der Waals surface area contributed by atoms with Gasteiger partial charge in [0.25, 0.3) is 0 Å². The van der Waals surface area contributed by atoms with Crippen LogP contribution in [0.1, 0.15) is 44.2 Å². The molecule has 0 radical (unpaired) electrons. The first kappa shape index (κ1) is 17.1. The van der Waals surface area contributed by atoms with Crippen LogP contribution >= 0.6 is 11.3 Å². The molecule has 1 saturated carbocycles. The van der Waals surface area contributed by atoms with E-state index in [0.29, 0.717) is 15.7 Å². The van der Waals surface area contributed by atoms with Crippen molar-refractivity contribution in [3.63, 3.8) is 0 Å². The zero-order chi connectivity index (χ0) is 16.8. The Morgan fingerprint density at radius 1 is 1.45 bits per heavy atom. The molecule has 0 aliphatic heterocycles. The molecule has 22 heavy (non-hydrogen) atoms. The van der Waals surface area contributed by atoms with Crippen LogP contribution in [0.2, 0.25) is 0 Å². The third-order valence-corrected chi connectivity index (χ3v) is 4.79. The molecule has 3 N–H and O–H groups in total. The van der Waals surface area contributed by atoms with Crippen LogP contribution in [0.15, 0.2) is 0 Å². The fourth-order valence-corrected chi connectivity index (χ4v) is 3.82. The van der Waals surface area contributed by atoms with E-state index in [1.807, 2.05) is 0 Å². The Morgan fingerprint density at radius 3 is 2.50 bits per heavy atom. The molecule has 5 nitrogen and oxygen atoms in total. The summed E-state index contributed by atoms with van der Waals surface area (Å²) in [6.45, 7) is 7.14. The molecule has 1 aromatic heterocycles. The van der Waals surface area contributed by atoms with Crippen molar-refractivity contribution >= 4 is 22.6 Å². The highest BCUT2D eigenvalue weighted by Gasteiger charge is 2.58. The van der Waals surface area contributed by atoms with Crippen LogP contribution in [0.3, 0.4) is 0 Å². The van der Waals surface area contributed by atoms with Gasteiger partial charge in [0.05, 0.1) is 5.69 Å². The number of anilines is 1. The number of hydrogen-bond acceptors (Lipinski definition) is 5. The first-order chi connectivity index (χ1) is 9.96. The van der Waals surface area contributed by atoms with Crippen LogP contribution in [0, 0.1) is 6.92 Å². The monoisotopic (exact) mass is 333 g/mol. The number of nitrogens with two attached hydrogens (primary N) is 1. The molecule has 1 aromatic rings. The molecule has 0 spiro atoms. The van der Waals surface area contributed by atoms with Crippen molar-refractivity contribution in [3.05, 3.63) is 10.6 Å². The Labute approximate surface area is 132 Å². The summed E-state index contributed by atoms with van der Waals surface area (Å²) in [5.74, 6) is -2.67. The Hall–Kier alpha value is -1.28. The van der Waals surface area contributed by atoms with Crippen molar-refractivity contribution in [3.8, 4) is 0 Å². The van der Waals surface area contributed by atoms with E-state index >= 15 is 0 Å². The molecule has 124 valence electrons. The van der Waals surface area contributed by atoms with Gasteiger partial charge in [-0.3, -0.25) is 5.32 Å². The lowest BCUT2D eigenvalue weighted by molar-refractivity contribution is -0.122. The molecule has 2 rings (SSSR count). The predicted molar refractivity (Wildman–Crippen MR) is 81.6 cm³/mol. The van der Waals surface area contributed by atoms with Crippen LogP contribution in [0.4, 0.5) is 18.7 Å². The summed E-state index contributed by atoms with van der Waals surface area (Å²) in [5.41, 5.74) is 4.99. The Morgan fingerprint density at radius 2 is 2.05 bits per heavy atom. The summed E-state index contributed by atoms with van der Waals surface area (Å²) in [4.78, 5) is 16.7. The standard InChI is InChI=1S/C14H21F2N3O2S/c1-8-9(13(7-17)5-14(15,16)6-13)22-10(18-8)19-11(20)21-12(2,3)4/h5-7,17H2,1-4H3,(H,18,19,20). The van der Waals surface area contributed by atoms with E-state index in [0.717, 1.165) is 0 Å². The minimum Gasteiger partial charge on any atom is -0.444 e. The summed E-state index contributed by atoms with van der Waals surface area (Å²) in [6.07, 6.45) is -1.16. The summed E-state index contributed by atoms with van der Waals surface area (Å²) in [7, 11) is 0. The van der Waals surface area contributed by atoms with Crippen molar-refractivity contribution in [2.24, 2.45) is 5.73 Å². The maximum atomic E-state index is 13.3. The minimum absolute atomic E-state index is 0.136. The largest absolute Gasteiger partial charge is 0.444 e. The highest BCUT2D eigenvalue weighted by Crippen LogP contribution is 2.55. The molecule has 1 fully saturated rings. The Bertz CT molecular complexity index is 573. The summed E-state index contributed by atoms with van der Waals surface area (Å²) >= 11 is 1.19. The van der Waals surface area contributed by atoms with Gasteiger partial charge in [0.15, 0.2) is 5.13 Å². The maximum Gasteiger partial charge on any atom is 0.413 e. The van der Waals surface area contributed by atoms with Crippen molar-refractivity contribution in [2.45, 2.75) is 57.5 Å². The second-order valence-corrected chi connectivity index (χ2v) is 7.75. The average Bonchev–Trinajstić information content (AvgIpc) is 2.64. The molecule has 8 heteroatoms. The van der Waals surface area contributed by atoms with Gasteiger partial charge in [-0.2, -0.15) is 0 Å². The highest BCUT2D eigenvalue weighted by molar-refractivity contribution is 7.16. The molecule has 0 atom stereocenters. The molecular weight excluding hydrogens is 312 g/mol. The van der Waals surface area contributed by atoms with Crippen molar-refractivity contribution in [1.29, 1.82) is 0 Å². The van der Waals surface area contributed by atoms with Gasteiger partial charge in [-0.25, -0.2) is 18.6 Å². The number of ether oxygens (including phenoxy) is 1. The predicted octanol–water partition coefficient (Wildman–Crippen LogP) is 3.42. The number of carbonyl (C=O) groups excluding carboxylic acids is 1. The van der Waals surface area contributed by atoms with Crippen molar-refractivity contribution in [2.75, 3.05) is 11.9 Å². The normalized spacial score (nSPS) is 19.4. The smallest absolute Gasteiger partial charge is 0.413 e. The van der Waals surface area contributed by atoms with Gasteiger partial charge in [0.1, 0.15) is 5.60 Å².